The van der Waals surface area contributed by atoms with Gasteiger partial charge >= 0.3 is 0 Å². The van der Waals surface area contributed by atoms with Crippen LogP contribution in [0, 0.1) is 6.92 Å². The van der Waals surface area contributed by atoms with Crippen LogP contribution in [0.25, 0.3) is 10.8 Å². The molecule has 1 atom stereocenters. The molecule has 1 fully saturated rings. The fraction of sp³-hybridized carbons (Fsp3) is 0.200. The van der Waals surface area contributed by atoms with Crippen LogP contribution < -0.4 is 15.4 Å². The number of fused-ring (bicyclic) bond motifs is 1. The minimum Gasteiger partial charge on any atom is -0.313 e. The minimum absolute atomic E-state index is 0.0348. The molecule has 0 aromatic heterocycles. The second-order valence-corrected chi connectivity index (χ2v) is 11.2. The number of carbonyl (C=O) groups excluding carboxylic acids is 2. The predicted octanol–water partition coefficient (Wildman–Crippen LogP) is 3.34. The Hall–Kier alpha value is -3.85. The first-order valence-corrected chi connectivity index (χ1v) is 14.0. The van der Waals surface area contributed by atoms with E-state index in [1.54, 1.807) is 24.3 Å². The standard InChI is InChI=1S/C30H29N3O4S/c1-20-6-2-5-9-25(20)29(34)26-18-22(16-21-10-12-23-7-3-4-8-24(23)17-21)11-13-28(26)38(36,37)33-30(35)27-19-31-14-15-32-27/h2-13,17-18,27,31-32H,14-16,19H2,1H3,(H,33,35). The quantitative estimate of drug-likeness (QED) is 0.319. The Balaban J connectivity index is 1.52. The van der Waals surface area contributed by atoms with Gasteiger partial charge in [-0.25, -0.2) is 13.1 Å². The summed E-state index contributed by atoms with van der Waals surface area (Å²) in [5.74, 6) is -1.07. The van der Waals surface area contributed by atoms with Crippen LogP contribution in [0.5, 0.6) is 0 Å². The van der Waals surface area contributed by atoms with E-state index < -0.39 is 27.8 Å². The second-order valence-electron chi connectivity index (χ2n) is 9.51. The molecule has 1 aliphatic rings. The first-order chi connectivity index (χ1) is 18.3. The monoisotopic (exact) mass is 527 g/mol. The van der Waals surface area contributed by atoms with Gasteiger partial charge in [-0.05, 0) is 52.9 Å². The van der Waals surface area contributed by atoms with Gasteiger partial charge in [-0.3, -0.25) is 9.59 Å². The van der Waals surface area contributed by atoms with Gasteiger partial charge in [0.1, 0.15) is 6.04 Å². The van der Waals surface area contributed by atoms with Gasteiger partial charge in [0.2, 0.25) is 0 Å². The van der Waals surface area contributed by atoms with E-state index in [0.29, 0.717) is 31.6 Å². The molecular weight excluding hydrogens is 498 g/mol. The molecule has 0 bridgehead atoms. The highest BCUT2D eigenvalue weighted by atomic mass is 32.2. The lowest BCUT2D eigenvalue weighted by Crippen LogP contribution is -2.56. The summed E-state index contributed by atoms with van der Waals surface area (Å²) in [5, 5.41) is 8.31. The lowest BCUT2D eigenvalue weighted by molar-refractivity contribution is -0.121. The molecule has 194 valence electrons. The van der Waals surface area contributed by atoms with Gasteiger partial charge in [-0.1, -0.05) is 72.8 Å². The van der Waals surface area contributed by atoms with E-state index >= 15 is 0 Å². The molecule has 0 spiro atoms. The molecule has 5 rings (SSSR count). The smallest absolute Gasteiger partial charge is 0.264 e. The van der Waals surface area contributed by atoms with Crippen LogP contribution in [0.1, 0.15) is 32.6 Å². The summed E-state index contributed by atoms with van der Waals surface area (Å²) in [7, 11) is -4.31. The lowest BCUT2D eigenvalue weighted by atomic mass is 9.95. The molecule has 3 N–H and O–H groups in total. The Morgan fingerprint density at radius 3 is 2.32 bits per heavy atom. The number of benzene rings is 4. The molecule has 0 saturated carbocycles. The van der Waals surface area contributed by atoms with Crippen molar-refractivity contribution in [2.75, 3.05) is 19.6 Å². The first-order valence-electron chi connectivity index (χ1n) is 12.5. The number of carbonyl (C=O) groups is 2. The van der Waals surface area contributed by atoms with Crippen LogP contribution in [0.15, 0.2) is 89.8 Å². The Morgan fingerprint density at radius 2 is 1.55 bits per heavy atom. The van der Waals surface area contributed by atoms with Crippen molar-refractivity contribution in [3.8, 4) is 0 Å². The molecule has 8 heteroatoms. The Bertz CT molecular complexity index is 1630. The highest BCUT2D eigenvalue weighted by Crippen LogP contribution is 2.25. The Labute approximate surface area is 222 Å². The summed E-state index contributed by atoms with van der Waals surface area (Å²) in [5.41, 5.74) is 3.02. The minimum atomic E-state index is -4.31. The molecule has 1 heterocycles. The maximum absolute atomic E-state index is 13.7. The lowest BCUT2D eigenvalue weighted by Gasteiger charge is -2.23. The third-order valence-electron chi connectivity index (χ3n) is 6.78. The van der Waals surface area contributed by atoms with Crippen molar-refractivity contribution in [2.24, 2.45) is 0 Å². The van der Waals surface area contributed by atoms with Crippen molar-refractivity contribution in [3.05, 3.63) is 113 Å². The van der Waals surface area contributed by atoms with Crippen molar-refractivity contribution >= 4 is 32.5 Å². The number of aryl methyl sites for hydroxylation is 1. The molecule has 4 aromatic carbocycles. The number of hydrogen-bond acceptors (Lipinski definition) is 6. The predicted molar refractivity (Wildman–Crippen MR) is 148 cm³/mol. The Morgan fingerprint density at radius 1 is 0.842 bits per heavy atom. The van der Waals surface area contributed by atoms with E-state index in [1.165, 1.54) is 6.07 Å². The van der Waals surface area contributed by atoms with Crippen molar-refractivity contribution in [1.82, 2.24) is 15.4 Å². The molecule has 1 aliphatic heterocycles. The van der Waals surface area contributed by atoms with Crippen LogP contribution in [-0.2, 0) is 21.2 Å². The van der Waals surface area contributed by atoms with Crippen LogP contribution in [-0.4, -0.2) is 45.8 Å². The first kappa shape index (κ1) is 25.8. The van der Waals surface area contributed by atoms with E-state index in [0.717, 1.165) is 27.5 Å². The van der Waals surface area contributed by atoms with Gasteiger partial charge < -0.3 is 10.6 Å². The molecule has 1 unspecified atom stereocenters. The molecule has 0 aliphatic carbocycles. The largest absolute Gasteiger partial charge is 0.313 e. The van der Waals surface area contributed by atoms with Gasteiger partial charge in [0.05, 0.1) is 4.90 Å². The summed E-state index contributed by atoms with van der Waals surface area (Å²) in [4.78, 5) is 26.2. The van der Waals surface area contributed by atoms with Crippen LogP contribution >= 0.6 is 0 Å². The number of amides is 1. The molecule has 38 heavy (non-hydrogen) atoms. The number of ketones is 1. The van der Waals surface area contributed by atoms with E-state index in [1.807, 2.05) is 55.5 Å². The fourth-order valence-corrected chi connectivity index (χ4v) is 5.96. The average Bonchev–Trinajstić information content (AvgIpc) is 2.93. The van der Waals surface area contributed by atoms with Crippen molar-refractivity contribution < 1.29 is 18.0 Å². The zero-order chi connectivity index (χ0) is 26.7. The highest BCUT2D eigenvalue weighted by Gasteiger charge is 2.29. The van der Waals surface area contributed by atoms with E-state index in [-0.39, 0.29) is 10.5 Å². The highest BCUT2D eigenvalue weighted by molar-refractivity contribution is 7.90. The number of rotatable bonds is 7. The van der Waals surface area contributed by atoms with Gasteiger partial charge in [0, 0.05) is 30.8 Å². The molecular formula is C30H29N3O4S. The summed E-state index contributed by atoms with van der Waals surface area (Å²) in [6, 6.07) is 25.4. The van der Waals surface area contributed by atoms with E-state index in [2.05, 4.69) is 21.4 Å². The topological polar surface area (TPSA) is 104 Å². The SMILES string of the molecule is Cc1ccccc1C(=O)c1cc(Cc2ccc3ccccc3c2)ccc1S(=O)(=O)NC(=O)C1CNCCN1. The third-order valence-corrected chi connectivity index (χ3v) is 8.19. The van der Waals surface area contributed by atoms with Crippen LogP contribution in [0.2, 0.25) is 0 Å². The summed E-state index contributed by atoms with van der Waals surface area (Å²) >= 11 is 0. The van der Waals surface area contributed by atoms with Gasteiger partial charge in [0.25, 0.3) is 15.9 Å². The normalized spacial score (nSPS) is 15.8. The second kappa shape index (κ2) is 10.9. The molecule has 0 radical (unpaired) electrons. The average molecular weight is 528 g/mol. The molecule has 7 nitrogen and oxygen atoms in total. The van der Waals surface area contributed by atoms with Crippen molar-refractivity contribution in [2.45, 2.75) is 24.3 Å². The summed E-state index contributed by atoms with van der Waals surface area (Å²) in [6.07, 6.45) is 0.517. The van der Waals surface area contributed by atoms with Crippen LogP contribution in [0.4, 0.5) is 0 Å². The maximum Gasteiger partial charge on any atom is 0.264 e. The number of sulfonamides is 1. The van der Waals surface area contributed by atoms with Gasteiger partial charge in [-0.15, -0.1) is 0 Å². The van der Waals surface area contributed by atoms with E-state index in [4.69, 9.17) is 0 Å². The maximum atomic E-state index is 13.7. The van der Waals surface area contributed by atoms with E-state index in [9.17, 15) is 18.0 Å². The van der Waals surface area contributed by atoms with Crippen LogP contribution in [0.3, 0.4) is 0 Å². The summed E-state index contributed by atoms with van der Waals surface area (Å²) in [6.45, 7) is 3.38. The zero-order valence-corrected chi connectivity index (χ0v) is 21.8. The van der Waals surface area contributed by atoms with Gasteiger partial charge in [0.15, 0.2) is 5.78 Å². The molecule has 1 saturated heterocycles. The van der Waals surface area contributed by atoms with Crippen molar-refractivity contribution in [3.63, 3.8) is 0 Å². The molecule has 1 amide bonds. The zero-order valence-electron chi connectivity index (χ0n) is 21.0. The number of nitrogens with one attached hydrogen (secondary N) is 3. The number of piperazine rings is 1. The molecule has 4 aromatic rings. The fourth-order valence-electron chi connectivity index (χ4n) is 4.75. The summed E-state index contributed by atoms with van der Waals surface area (Å²) < 4.78 is 29.0. The third kappa shape index (κ3) is 5.52. The van der Waals surface area contributed by atoms with Crippen molar-refractivity contribution in [1.29, 1.82) is 0 Å². The number of hydrogen-bond donors (Lipinski definition) is 3. The Kier molecular flexibility index (Phi) is 7.37. The van der Waals surface area contributed by atoms with Gasteiger partial charge in [-0.2, -0.15) is 0 Å².